The molecule has 6 heteroatoms. The van der Waals surface area contributed by atoms with Crippen molar-refractivity contribution in [1.82, 2.24) is 15.6 Å². The monoisotopic (exact) mass is 454 g/mol. The summed E-state index contributed by atoms with van der Waals surface area (Å²) in [5.74, 6) is 1.43. The highest BCUT2D eigenvalue weighted by Gasteiger charge is 2.04. The molecule has 2 rings (SSSR count). The van der Waals surface area contributed by atoms with Gasteiger partial charge in [-0.3, -0.25) is 4.99 Å². The van der Waals surface area contributed by atoms with E-state index in [0.29, 0.717) is 25.1 Å². The summed E-state index contributed by atoms with van der Waals surface area (Å²) in [7, 11) is 1.78. The number of nitrogens with one attached hydrogen (secondary N) is 2. The van der Waals surface area contributed by atoms with Crippen molar-refractivity contribution in [1.29, 1.82) is 0 Å². The molecule has 1 aromatic carbocycles. The van der Waals surface area contributed by atoms with Gasteiger partial charge in [-0.25, -0.2) is 4.98 Å². The van der Waals surface area contributed by atoms with Crippen LogP contribution in [0.15, 0.2) is 53.7 Å². The lowest BCUT2D eigenvalue weighted by Gasteiger charge is -2.16. The van der Waals surface area contributed by atoms with Crippen molar-refractivity contribution in [2.45, 2.75) is 39.5 Å². The van der Waals surface area contributed by atoms with Gasteiger partial charge in [0.15, 0.2) is 5.96 Å². The second-order valence-electron chi connectivity index (χ2n) is 5.66. The number of nitrogens with zero attached hydrogens (tertiary/aromatic N) is 2. The number of ether oxygens (including phenoxy) is 1. The number of aromatic nitrogens is 1. The molecule has 25 heavy (non-hydrogen) atoms. The molecule has 0 aliphatic rings. The topological polar surface area (TPSA) is 58.5 Å². The zero-order chi connectivity index (χ0) is 17.2. The van der Waals surface area contributed by atoms with Crippen LogP contribution < -0.4 is 15.4 Å². The molecular formula is C19H27IN4O. The molecule has 0 saturated carbocycles. The first-order chi connectivity index (χ1) is 11.7. The first kappa shape index (κ1) is 21.2. The molecular weight excluding hydrogens is 427 g/mol. The van der Waals surface area contributed by atoms with E-state index in [0.717, 1.165) is 23.5 Å². The highest BCUT2D eigenvalue weighted by atomic mass is 127. The number of hydrogen-bond acceptors (Lipinski definition) is 3. The van der Waals surface area contributed by atoms with Crippen LogP contribution in [-0.2, 0) is 13.2 Å². The van der Waals surface area contributed by atoms with Crippen LogP contribution in [0.4, 0.5) is 0 Å². The Labute approximate surface area is 167 Å². The zero-order valence-electron chi connectivity index (χ0n) is 15.0. The Morgan fingerprint density at radius 2 is 1.96 bits per heavy atom. The maximum atomic E-state index is 5.76. The normalized spacial score (nSPS) is 12.0. The van der Waals surface area contributed by atoms with Crippen LogP contribution in [0.1, 0.15) is 31.4 Å². The van der Waals surface area contributed by atoms with Crippen molar-refractivity contribution >= 4 is 29.9 Å². The van der Waals surface area contributed by atoms with E-state index in [1.54, 1.807) is 13.2 Å². The van der Waals surface area contributed by atoms with Gasteiger partial charge in [-0.05, 0) is 30.5 Å². The van der Waals surface area contributed by atoms with E-state index in [1.165, 1.54) is 0 Å². The Bertz CT molecular complexity index is 649. The molecule has 2 aromatic rings. The fourth-order valence-corrected chi connectivity index (χ4v) is 2.09. The van der Waals surface area contributed by atoms with E-state index in [1.807, 2.05) is 42.5 Å². The minimum Gasteiger partial charge on any atom is -0.473 e. The van der Waals surface area contributed by atoms with Gasteiger partial charge < -0.3 is 15.4 Å². The van der Waals surface area contributed by atoms with E-state index >= 15 is 0 Å². The Balaban J connectivity index is 0.00000312. The lowest BCUT2D eigenvalue weighted by molar-refractivity contribution is 0.293. The van der Waals surface area contributed by atoms with Crippen molar-refractivity contribution in [3.8, 4) is 5.88 Å². The number of guanidine groups is 1. The predicted octanol–water partition coefficient (Wildman–Crippen LogP) is 3.74. The molecule has 136 valence electrons. The summed E-state index contributed by atoms with van der Waals surface area (Å²) in [6.07, 6.45) is 2.82. The van der Waals surface area contributed by atoms with Gasteiger partial charge in [-0.1, -0.05) is 37.3 Å². The van der Waals surface area contributed by atoms with Crippen LogP contribution in [-0.4, -0.2) is 24.0 Å². The van der Waals surface area contributed by atoms with Crippen LogP contribution in [0.25, 0.3) is 0 Å². The number of rotatable bonds is 7. The summed E-state index contributed by atoms with van der Waals surface area (Å²) in [6, 6.07) is 14.4. The molecule has 1 aromatic heterocycles. The van der Waals surface area contributed by atoms with Crippen LogP contribution in [0.3, 0.4) is 0 Å². The smallest absolute Gasteiger partial charge is 0.213 e. The Hall–Kier alpha value is -1.83. The summed E-state index contributed by atoms with van der Waals surface area (Å²) in [4.78, 5) is 8.50. The third-order valence-corrected chi connectivity index (χ3v) is 3.71. The standard InChI is InChI=1S/C19H26N4O.HI/c1-4-15(2)23-19(20-3)22-13-17-10-11-21-18(12-17)24-14-16-8-6-5-7-9-16;/h5-12,15H,4,13-14H2,1-3H3,(H2,20,22,23);1H. The third kappa shape index (κ3) is 7.72. The van der Waals surface area contributed by atoms with Gasteiger partial charge in [0.1, 0.15) is 6.61 Å². The van der Waals surface area contributed by atoms with Crippen molar-refractivity contribution in [3.63, 3.8) is 0 Å². The number of hydrogen-bond donors (Lipinski definition) is 2. The average Bonchev–Trinajstić information content (AvgIpc) is 2.64. The van der Waals surface area contributed by atoms with Crippen LogP contribution >= 0.6 is 24.0 Å². The van der Waals surface area contributed by atoms with Gasteiger partial charge in [0.25, 0.3) is 0 Å². The first-order valence-electron chi connectivity index (χ1n) is 8.30. The molecule has 1 atom stereocenters. The fourth-order valence-electron chi connectivity index (χ4n) is 2.09. The lowest BCUT2D eigenvalue weighted by atomic mass is 10.2. The van der Waals surface area contributed by atoms with Gasteiger partial charge in [-0.15, -0.1) is 24.0 Å². The molecule has 0 bridgehead atoms. The van der Waals surface area contributed by atoms with Crippen molar-refractivity contribution in [2.75, 3.05) is 7.05 Å². The van der Waals surface area contributed by atoms with Crippen LogP contribution in [0.5, 0.6) is 5.88 Å². The number of halogens is 1. The first-order valence-corrected chi connectivity index (χ1v) is 8.30. The quantitative estimate of drug-likeness (QED) is 0.380. The van der Waals surface area contributed by atoms with E-state index in [4.69, 9.17) is 4.74 Å². The fraction of sp³-hybridized carbons (Fsp3) is 0.368. The van der Waals surface area contributed by atoms with Crippen molar-refractivity contribution in [2.24, 2.45) is 4.99 Å². The second-order valence-corrected chi connectivity index (χ2v) is 5.66. The van der Waals surface area contributed by atoms with Gasteiger partial charge in [0.2, 0.25) is 5.88 Å². The second kappa shape index (κ2) is 11.7. The van der Waals surface area contributed by atoms with Crippen molar-refractivity contribution in [3.05, 3.63) is 59.8 Å². The SMILES string of the molecule is CCC(C)NC(=NC)NCc1ccnc(OCc2ccccc2)c1.I. The summed E-state index contributed by atoms with van der Waals surface area (Å²) in [6.45, 7) is 5.46. The summed E-state index contributed by atoms with van der Waals surface area (Å²) >= 11 is 0. The highest BCUT2D eigenvalue weighted by Crippen LogP contribution is 2.11. The van der Waals surface area contributed by atoms with Crippen molar-refractivity contribution < 1.29 is 4.74 Å². The van der Waals surface area contributed by atoms with E-state index in [2.05, 4.69) is 34.5 Å². The van der Waals surface area contributed by atoms with Gasteiger partial charge in [0.05, 0.1) is 0 Å². The maximum Gasteiger partial charge on any atom is 0.213 e. The van der Waals surface area contributed by atoms with Gasteiger partial charge in [0, 0.05) is 31.9 Å². The summed E-state index contributed by atoms with van der Waals surface area (Å²) < 4.78 is 5.76. The third-order valence-electron chi connectivity index (χ3n) is 3.71. The zero-order valence-corrected chi connectivity index (χ0v) is 17.4. The Morgan fingerprint density at radius 1 is 1.20 bits per heavy atom. The lowest BCUT2D eigenvalue weighted by Crippen LogP contribution is -2.41. The molecule has 1 heterocycles. The molecule has 2 N–H and O–H groups in total. The molecule has 0 amide bonds. The maximum absolute atomic E-state index is 5.76. The molecule has 0 aliphatic carbocycles. The average molecular weight is 454 g/mol. The Morgan fingerprint density at radius 3 is 2.64 bits per heavy atom. The Kier molecular flexibility index (Phi) is 9.91. The largest absolute Gasteiger partial charge is 0.473 e. The van der Waals surface area contributed by atoms with E-state index in [9.17, 15) is 0 Å². The molecule has 0 aliphatic heterocycles. The molecule has 5 nitrogen and oxygen atoms in total. The van der Waals surface area contributed by atoms with Gasteiger partial charge >= 0.3 is 0 Å². The molecule has 1 unspecified atom stereocenters. The number of pyridine rings is 1. The number of aliphatic imine (C=N–C) groups is 1. The highest BCUT2D eigenvalue weighted by molar-refractivity contribution is 14.0. The molecule has 0 fully saturated rings. The minimum atomic E-state index is 0. The van der Waals surface area contributed by atoms with E-state index in [-0.39, 0.29) is 24.0 Å². The van der Waals surface area contributed by atoms with Gasteiger partial charge in [-0.2, -0.15) is 0 Å². The minimum absolute atomic E-state index is 0. The number of benzene rings is 1. The molecule has 0 spiro atoms. The predicted molar refractivity (Wildman–Crippen MR) is 114 cm³/mol. The van der Waals surface area contributed by atoms with Crippen LogP contribution in [0, 0.1) is 0 Å². The molecule has 0 saturated heterocycles. The summed E-state index contributed by atoms with van der Waals surface area (Å²) in [5.41, 5.74) is 2.22. The summed E-state index contributed by atoms with van der Waals surface area (Å²) in [5, 5.41) is 6.65. The van der Waals surface area contributed by atoms with Crippen LogP contribution in [0.2, 0.25) is 0 Å². The van der Waals surface area contributed by atoms with E-state index < -0.39 is 0 Å². The molecule has 0 radical (unpaired) electrons.